The molecular weight excluding hydrogens is 174 g/mol. The van der Waals surface area contributed by atoms with Gasteiger partial charge in [0.25, 0.3) is 0 Å². The molecule has 84 valence electrons. The molecule has 0 aliphatic heterocycles. The van der Waals surface area contributed by atoms with Crippen LogP contribution in [0.25, 0.3) is 0 Å². The minimum atomic E-state index is 0.199. The molecule has 1 N–H and O–H groups in total. The zero-order valence-electron chi connectivity index (χ0n) is 10.1. The summed E-state index contributed by atoms with van der Waals surface area (Å²) in [6, 6.07) is 0. The smallest absolute Gasteiger partial charge is 0.220 e. The molecular formula is C12H25NO. The van der Waals surface area contributed by atoms with Crippen molar-refractivity contribution in [3.05, 3.63) is 0 Å². The van der Waals surface area contributed by atoms with E-state index < -0.39 is 0 Å². The predicted octanol–water partition coefficient (Wildman–Crippen LogP) is 2.98. The monoisotopic (exact) mass is 199 g/mol. The van der Waals surface area contributed by atoms with Gasteiger partial charge in [0.05, 0.1) is 0 Å². The van der Waals surface area contributed by atoms with Crippen molar-refractivity contribution in [2.75, 3.05) is 6.54 Å². The Morgan fingerprint density at radius 3 is 2.21 bits per heavy atom. The number of amides is 1. The SMILES string of the molecule is CC(C)CCCCNC(=O)CC(C)C. The van der Waals surface area contributed by atoms with Crippen LogP contribution in [0.2, 0.25) is 0 Å². The molecule has 0 heterocycles. The first-order valence-corrected chi connectivity index (χ1v) is 5.79. The van der Waals surface area contributed by atoms with Crippen molar-refractivity contribution < 1.29 is 4.79 Å². The zero-order valence-corrected chi connectivity index (χ0v) is 10.1. The number of hydrogen-bond donors (Lipinski definition) is 1. The van der Waals surface area contributed by atoms with Gasteiger partial charge in [0, 0.05) is 13.0 Å². The predicted molar refractivity (Wildman–Crippen MR) is 61.2 cm³/mol. The molecule has 0 fully saturated rings. The lowest BCUT2D eigenvalue weighted by Crippen LogP contribution is -2.25. The second-order valence-electron chi connectivity index (χ2n) is 4.84. The fraction of sp³-hybridized carbons (Fsp3) is 0.917. The molecule has 0 aromatic rings. The average Bonchev–Trinajstić information content (AvgIpc) is 2.01. The minimum absolute atomic E-state index is 0.199. The summed E-state index contributed by atoms with van der Waals surface area (Å²) in [4.78, 5) is 11.2. The van der Waals surface area contributed by atoms with Gasteiger partial charge in [-0.3, -0.25) is 4.79 Å². The number of unbranched alkanes of at least 4 members (excludes halogenated alkanes) is 1. The maximum absolute atomic E-state index is 11.2. The topological polar surface area (TPSA) is 29.1 Å². The molecule has 0 aromatic carbocycles. The molecule has 0 bridgehead atoms. The lowest BCUT2D eigenvalue weighted by molar-refractivity contribution is -0.121. The Labute approximate surface area is 88.5 Å². The Kier molecular flexibility index (Phi) is 7.54. The van der Waals surface area contributed by atoms with Crippen LogP contribution in [0, 0.1) is 11.8 Å². The molecule has 0 atom stereocenters. The van der Waals surface area contributed by atoms with Crippen LogP contribution in [0.1, 0.15) is 53.4 Å². The van der Waals surface area contributed by atoms with Crippen molar-refractivity contribution >= 4 is 5.91 Å². The van der Waals surface area contributed by atoms with Crippen LogP contribution in [0.15, 0.2) is 0 Å². The lowest BCUT2D eigenvalue weighted by atomic mass is 10.1. The molecule has 0 aromatic heterocycles. The van der Waals surface area contributed by atoms with Gasteiger partial charge in [-0.15, -0.1) is 0 Å². The van der Waals surface area contributed by atoms with Gasteiger partial charge in [0.2, 0.25) is 5.91 Å². The number of carbonyl (C=O) groups excluding carboxylic acids is 1. The van der Waals surface area contributed by atoms with Crippen LogP contribution < -0.4 is 5.32 Å². The molecule has 0 radical (unpaired) electrons. The summed E-state index contributed by atoms with van der Waals surface area (Å²) < 4.78 is 0. The van der Waals surface area contributed by atoms with E-state index in [0.29, 0.717) is 12.3 Å². The fourth-order valence-electron chi connectivity index (χ4n) is 1.35. The molecule has 0 spiro atoms. The maximum Gasteiger partial charge on any atom is 0.220 e. The highest BCUT2D eigenvalue weighted by Crippen LogP contribution is 2.05. The highest BCUT2D eigenvalue weighted by atomic mass is 16.1. The first-order valence-electron chi connectivity index (χ1n) is 5.79. The third-order valence-corrected chi connectivity index (χ3v) is 2.12. The third-order valence-electron chi connectivity index (χ3n) is 2.12. The minimum Gasteiger partial charge on any atom is -0.356 e. The van der Waals surface area contributed by atoms with Gasteiger partial charge < -0.3 is 5.32 Å². The van der Waals surface area contributed by atoms with Crippen LogP contribution in [0.3, 0.4) is 0 Å². The van der Waals surface area contributed by atoms with Crippen LogP contribution in [-0.4, -0.2) is 12.5 Å². The first-order chi connectivity index (χ1) is 6.52. The molecule has 14 heavy (non-hydrogen) atoms. The quantitative estimate of drug-likeness (QED) is 0.627. The first kappa shape index (κ1) is 13.5. The average molecular weight is 199 g/mol. The summed E-state index contributed by atoms with van der Waals surface area (Å²) in [6.07, 6.45) is 4.26. The molecule has 0 aliphatic carbocycles. The Morgan fingerprint density at radius 1 is 1.07 bits per heavy atom. The van der Waals surface area contributed by atoms with Gasteiger partial charge in [-0.1, -0.05) is 40.5 Å². The molecule has 2 heteroatoms. The summed E-state index contributed by atoms with van der Waals surface area (Å²) in [5.74, 6) is 1.44. The van der Waals surface area contributed by atoms with Gasteiger partial charge in [0.15, 0.2) is 0 Å². The van der Waals surface area contributed by atoms with E-state index in [0.717, 1.165) is 18.9 Å². The second kappa shape index (κ2) is 7.84. The van der Waals surface area contributed by atoms with Crippen LogP contribution in [0.4, 0.5) is 0 Å². The highest BCUT2D eigenvalue weighted by Gasteiger charge is 2.03. The van der Waals surface area contributed by atoms with E-state index in [1.807, 2.05) is 0 Å². The van der Waals surface area contributed by atoms with E-state index >= 15 is 0 Å². The largest absolute Gasteiger partial charge is 0.356 e. The molecule has 0 unspecified atom stereocenters. The van der Waals surface area contributed by atoms with Crippen molar-refractivity contribution in [3.8, 4) is 0 Å². The highest BCUT2D eigenvalue weighted by molar-refractivity contribution is 5.75. The zero-order chi connectivity index (χ0) is 11.0. The van der Waals surface area contributed by atoms with Crippen LogP contribution >= 0.6 is 0 Å². The summed E-state index contributed by atoms with van der Waals surface area (Å²) >= 11 is 0. The Morgan fingerprint density at radius 2 is 1.71 bits per heavy atom. The normalized spacial score (nSPS) is 11.0. The van der Waals surface area contributed by atoms with Crippen molar-refractivity contribution in [3.63, 3.8) is 0 Å². The van der Waals surface area contributed by atoms with E-state index in [9.17, 15) is 4.79 Å². The molecule has 2 nitrogen and oxygen atoms in total. The fourth-order valence-corrected chi connectivity index (χ4v) is 1.35. The van der Waals surface area contributed by atoms with Crippen LogP contribution in [0.5, 0.6) is 0 Å². The number of carbonyl (C=O) groups is 1. The summed E-state index contributed by atoms with van der Waals surface area (Å²) in [5.41, 5.74) is 0. The van der Waals surface area contributed by atoms with Gasteiger partial charge in [-0.2, -0.15) is 0 Å². The van der Waals surface area contributed by atoms with Gasteiger partial charge >= 0.3 is 0 Å². The van der Waals surface area contributed by atoms with E-state index in [2.05, 4.69) is 33.0 Å². The van der Waals surface area contributed by atoms with E-state index in [4.69, 9.17) is 0 Å². The van der Waals surface area contributed by atoms with E-state index in [1.54, 1.807) is 0 Å². The van der Waals surface area contributed by atoms with Gasteiger partial charge in [-0.05, 0) is 18.3 Å². The summed E-state index contributed by atoms with van der Waals surface area (Å²) in [5, 5.41) is 2.95. The lowest BCUT2D eigenvalue weighted by Gasteiger charge is -2.07. The van der Waals surface area contributed by atoms with Crippen molar-refractivity contribution in [1.29, 1.82) is 0 Å². The molecule has 0 rings (SSSR count). The molecule has 0 saturated carbocycles. The maximum atomic E-state index is 11.2. The third kappa shape index (κ3) is 9.56. The van der Waals surface area contributed by atoms with Gasteiger partial charge in [0.1, 0.15) is 0 Å². The van der Waals surface area contributed by atoms with Gasteiger partial charge in [-0.25, -0.2) is 0 Å². The Hall–Kier alpha value is -0.530. The number of nitrogens with one attached hydrogen (secondary N) is 1. The van der Waals surface area contributed by atoms with Crippen molar-refractivity contribution in [2.45, 2.75) is 53.4 Å². The standard InChI is InChI=1S/C12H25NO/c1-10(2)7-5-6-8-13-12(14)9-11(3)4/h10-11H,5-9H2,1-4H3,(H,13,14). The van der Waals surface area contributed by atoms with Crippen LogP contribution in [-0.2, 0) is 4.79 Å². The number of hydrogen-bond acceptors (Lipinski definition) is 1. The summed E-state index contributed by atoms with van der Waals surface area (Å²) in [7, 11) is 0. The molecule has 0 saturated heterocycles. The Bertz CT molecular complexity index is 152. The van der Waals surface area contributed by atoms with Crippen molar-refractivity contribution in [1.82, 2.24) is 5.32 Å². The molecule has 0 aliphatic rings. The van der Waals surface area contributed by atoms with Crippen molar-refractivity contribution in [2.24, 2.45) is 11.8 Å². The summed E-state index contributed by atoms with van der Waals surface area (Å²) in [6.45, 7) is 9.45. The van der Waals surface area contributed by atoms with E-state index in [-0.39, 0.29) is 5.91 Å². The Balaban J connectivity index is 3.23. The van der Waals surface area contributed by atoms with E-state index in [1.165, 1.54) is 12.8 Å². The second-order valence-corrected chi connectivity index (χ2v) is 4.84. The molecule has 1 amide bonds. The number of rotatable bonds is 7.